The van der Waals surface area contributed by atoms with Crippen molar-refractivity contribution in [3.05, 3.63) is 75.3 Å². The standard InChI is InChI=1S/C23H22N2O4/c1-2-12-29-18-9-6-15(7-10-18)13-16-4-3-5-19-21(16)24-20-11-8-17(23(27)28)14-25(20)22(19)26/h6-11,13-14H,2-5,12H2,1H3,(H,27,28)/b16-13-. The molecular formula is C23H22N2O4. The Bertz CT molecular complexity index is 1160. The summed E-state index contributed by atoms with van der Waals surface area (Å²) in [5.41, 5.74) is 3.74. The summed E-state index contributed by atoms with van der Waals surface area (Å²) in [7, 11) is 0. The van der Waals surface area contributed by atoms with Crippen molar-refractivity contribution in [2.45, 2.75) is 32.6 Å². The maximum absolute atomic E-state index is 13.0. The molecule has 1 aromatic carbocycles. The third kappa shape index (κ3) is 3.78. The number of fused-ring (bicyclic) bond motifs is 2. The quantitative estimate of drug-likeness (QED) is 0.711. The van der Waals surface area contributed by atoms with Crippen molar-refractivity contribution >= 4 is 23.3 Å². The van der Waals surface area contributed by atoms with Gasteiger partial charge in [-0.15, -0.1) is 0 Å². The van der Waals surface area contributed by atoms with Crippen LogP contribution in [0.15, 0.2) is 47.4 Å². The van der Waals surface area contributed by atoms with E-state index < -0.39 is 5.97 Å². The van der Waals surface area contributed by atoms with Gasteiger partial charge in [0.25, 0.3) is 5.56 Å². The van der Waals surface area contributed by atoms with Crippen LogP contribution in [0.25, 0.3) is 17.3 Å². The fourth-order valence-corrected chi connectivity index (χ4v) is 3.59. The predicted molar refractivity (Wildman–Crippen MR) is 111 cm³/mol. The van der Waals surface area contributed by atoms with Crippen LogP contribution < -0.4 is 10.3 Å². The molecule has 0 spiro atoms. The normalized spacial score (nSPS) is 14.7. The Morgan fingerprint density at radius 2 is 2.00 bits per heavy atom. The second-order valence-electron chi connectivity index (χ2n) is 7.14. The van der Waals surface area contributed by atoms with Gasteiger partial charge in [0.05, 0.1) is 17.9 Å². The first kappa shape index (κ1) is 18.9. The minimum atomic E-state index is -1.07. The lowest BCUT2D eigenvalue weighted by Crippen LogP contribution is -2.25. The summed E-state index contributed by atoms with van der Waals surface area (Å²) in [4.78, 5) is 28.9. The molecule has 0 radical (unpaired) electrons. The minimum Gasteiger partial charge on any atom is -0.494 e. The molecule has 2 aromatic heterocycles. The molecule has 0 fully saturated rings. The monoisotopic (exact) mass is 390 g/mol. The van der Waals surface area contributed by atoms with Crippen molar-refractivity contribution in [2.75, 3.05) is 6.61 Å². The van der Waals surface area contributed by atoms with E-state index in [0.717, 1.165) is 41.8 Å². The maximum Gasteiger partial charge on any atom is 0.337 e. The molecule has 0 unspecified atom stereocenters. The number of allylic oxidation sites excluding steroid dienone is 1. The van der Waals surface area contributed by atoms with Crippen LogP contribution in [0, 0.1) is 0 Å². The van der Waals surface area contributed by atoms with Crippen molar-refractivity contribution in [3.8, 4) is 5.75 Å². The zero-order valence-corrected chi connectivity index (χ0v) is 16.2. The Kier molecular flexibility index (Phi) is 5.16. The lowest BCUT2D eigenvalue weighted by Gasteiger charge is -2.18. The molecule has 6 heteroatoms. The number of ether oxygens (including phenoxy) is 1. The Morgan fingerprint density at radius 3 is 2.72 bits per heavy atom. The van der Waals surface area contributed by atoms with Crippen molar-refractivity contribution in [3.63, 3.8) is 0 Å². The molecular weight excluding hydrogens is 368 g/mol. The summed E-state index contributed by atoms with van der Waals surface area (Å²) in [5, 5.41) is 9.19. The summed E-state index contributed by atoms with van der Waals surface area (Å²) < 4.78 is 6.97. The Balaban J connectivity index is 1.75. The molecule has 0 bridgehead atoms. The molecule has 148 valence electrons. The second kappa shape index (κ2) is 7.91. The number of carbonyl (C=O) groups is 1. The topological polar surface area (TPSA) is 80.9 Å². The van der Waals surface area contributed by atoms with Crippen LogP contribution in [-0.4, -0.2) is 27.1 Å². The Labute approximate surface area is 168 Å². The van der Waals surface area contributed by atoms with E-state index in [2.05, 4.69) is 18.0 Å². The van der Waals surface area contributed by atoms with E-state index in [1.165, 1.54) is 16.7 Å². The summed E-state index contributed by atoms with van der Waals surface area (Å²) in [6.07, 6.45) is 6.72. The number of carboxylic acid groups (broad SMARTS) is 1. The number of aromatic nitrogens is 2. The number of hydrogen-bond acceptors (Lipinski definition) is 4. The average Bonchev–Trinajstić information content (AvgIpc) is 2.74. The van der Waals surface area contributed by atoms with Crippen molar-refractivity contribution < 1.29 is 14.6 Å². The van der Waals surface area contributed by atoms with Gasteiger partial charge >= 0.3 is 5.97 Å². The van der Waals surface area contributed by atoms with Gasteiger partial charge in [-0.2, -0.15) is 0 Å². The number of rotatable bonds is 5. The van der Waals surface area contributed by atoms with Gasteiger partial charge in [-0.05, 0) is 67.2 Å². The predicted octanol–water partition coefficient (Wildman–Crippen LogP) is 4.06. The first-order valence-electron chi connectivity index (χ1n) is 9.79. The van der Waals surface area contributed by atoms with Gasteiger partial charge in [-0.1, -0.05) is 19.1 Å². The Hall–Kier alpha value is -3.41. The van der Waals surface area contributed by atoms with Gasteiger partial charge in [0.2, 0.25) is 0 Å². The smallest absolute Gasteiger partial charge is 0.337 e. The molecule has 0 saturated heterocycles. The fraction of sp³-hybridized carbons (Fsp3) is 0.261. The number of carboxylic acids is 1. The molecule has 0 atom stereocenters. The molecule has 1 aliphatic rings. The first-order chi connectivity index (χ1) is 14.1. The van der Waals surface area contributed by atoms with Crippen molar-refractivity contribution in [1.29, 1.82) is 0 Å². The van der Waals surface area contributed by atoms with Gasteiger partial charge in [0, 0.05) is 11.8 Å². The van der Waals surface area contributed by atoms with Crippen LogP contribution in [0.1, 0.15) is 53.4 Å². The molecule has 3 aromatic rings. The zero-order chi connectivity index (χ0) is 20.4. The van der Waals surface area contributed by atoms with E-state index in [4.69, 9.17) is 4.74 Å². The Morgan fingerprint density at radius 1 is 1.21 bits per heavy atom. The van der Waals surface area contributed by atoms with Crippen LogP contribution in [0.5, 0.6) is 5.75 Å². The summed E-state index contributed by atoms with van der Waals surface area (Å²) in [5.74, 6) is -0.224. The van der Waals surface area contributed by atoms with Crippen LogP contribution >= 0.6 is 0 Å². The SMILES string of the molecule is CCCOc1ccc(/C=C2/CCCc3c2nc2ccc(C(=O)O)cn2c3=O)cc1. The fourth-order valence-electron chi connectivity index (χ4n) is 3.59. The lowest BCUT2D eigenvalue weighted by atomic mass is 9.91. The van der Waals surface area contributed by atoms with Gasteiger partial charge < -0.3 is 9.84 Å². The van der Waals surface area contributed by atoms with Gasteiger partial charge in [0.15, 0.2) is 0 Å². The molecule has 0 amide bonds. The van der Waals surface area contributed by atoms with E-state index in [1.807, 2.05) is 24.3 Å². The van der Waals surface area contributed by atoms with Crippen LogP contribution in [0.4, 0.5) is 0 Å². The van der Waals surface area contributed by atoms with Gasteiger partial charge in [0.1, 0.15) is 11.4 Å². The number of aromatic carboxylic acids is 1. The first-order valence-corrected chi connectivity index (χ1v) is 9.79. The van der Waals surface area contributed by atoms with Crippen LogP contribution in [0.3, 0.4) is 0 Å². The average molecular weight is 390 g/mol. The highest BCUT2D eigenvalue weighted by atomic mass is 16.5. The molecule has 29 heavy (non-hydrogen) atoms. The summed E-state index contributed by atoms with van der Waals surface area (Å²) in [6.45, 7) is 2.76. The highest BCUT2D eigenvalue weighted by molar-refractivity contribution is 5.88. The molecule has 2 heterocycles. The molecule has 4 rings (SSSR count). The zero-order valence-electron chi connectivity index (χ0n) is 16.2. The largest absolute Gasteiger partial charge is 0.494 e. The summed E-state index contributed by atoms with van der Waals surface area (Å²) >= 11 is 0. The molecule has 0 saturated carbocycles. The van der Waals surface area contributed by atoms with Crippen LogP contribution in [0.2, 0.25) is 0 Å². The van der Waals surface area contributed by atoms with E-state index in [-0.39, 0.29) is 11.1 Å². The maximum atomic E-state index is 13.0. The van der Waals surface area contributed by atoms with E-state index in [0.29, 0.717) is 24.2 Å². The van der Waals surface area contributed by atoms with E-state index in [9.17, 15) is 14.7 Å². The van der Waals surface area contributed by atoms with Crippen molar-refractivity contribution in [1.82, 2.24) is 9.38 Å². The minimum absolute atomic E-state index is 0.0679. The highest BCUT2D eigenvalue weighted by Crippen LogP contribution is 2.30. The van der Waals surface area contributed by atoms with Crippen molar-refractivity contribution in [2.24, 2.45) is 0 Å². The second-order valence-corrected chi connectivity index (χ2v) is 7.14. The number of nitrogens with zero attached hydrogens (tertiary/aromatic N) is 2. The summed E-state index contributed by atoms with van der Waals surface area (Å²) in [6, 6.07) is 10.9. The number of pyridine rings is 1. The molecule has 6 nitrogen and oxygen atoms in total. The van der Waals surface area contributed by atoms with Crippen LogP contribution in [-0.2, 0) is 6.42 Å². The van der Waals surface area contributed by atoms with E-state index in [1.54, 1.807) is 6.07 Å². The van der Waals surface area contributed by atoms with Gasteiger partial charge in [-0.3, -0.25) is 9.20 Å². The third-order valence-corrected chi connectivity index (χ3v) is 5.03. The lowest BCUT2D eigenvalue weighted by molar-refractivity contribution is 0.0696. The highest BCUT2D eigenvalue weighted by Gasteiger charge is 2.21. The molecule has 0 aliphatic heterocycles. The van der Waals surface area contributed by atoms with Gasteiger partial charge in [-0.25, -0.2) is 9.78 Å². The molecule has 1 N–H and O–H groups in total. The van der Waals surface area contributed by atoms with E-state index >= 15 is 0 Å². The molecule has 1 aliphatic carbocycles. The third-order valence-electron chi connectivity index (χ3n) is 5.03. The number of benzene rings is 1. The number of hydrogen-bond donors (Lipinski definition) is 1.